The third-order valence-corrected chi connectivity index (χ3v) is 5.94. The zero-order valence-electron chi connectivity index (χ0n) is 19.8. The summed E-state index contributed by atoms with van der Waals surface area (Å²) in [4.78, 5) is 29.0. The number of Topliss-reactive ketones (excluding diaryl/α,β-unsaturated/α-hetero) is 1. The number of benzene rings is 2. The maximum absolute atomic E-state index is 13.2. The Kier molecular flexibility index (Phi) is 10.0. The van der Waals surface area contributed by atoms with Crippen molar-refractivity contribution in [2.24, 2.45) is 0 Å². The SMILES string of the molecule is COc1cc(C(=O)N2CCC[NH+](CCC(=O)c3cccc(C)c3)CC2)cc(OC)c1OC.[Cl-]. The number of hydrogen-bond donors (Lipinski definition) is 1. The number of halogens is 1. The van der Waals surface area contributed by atoms with Crippen molar-refractivity contribution in [3.63, 3.8) is 0 Å². The van der Waals surface area contributed by atoms with Gasteiger partial charge >= 0.3 is 0 Å². The Balaban J connectivity index is 0.00000385. The van der Waals surface area contributed by atoms with Gasteiger partial charge in [0.1, 0.15) is 0 Å². The van der Waals surface area contributed by atoms with Crippen molar-refractivity contribution < 1.29 is 41.1 Å². The first kappa shape index (κ1) is 26.5. The van der Waals surface area contributed by atoms with Gasteiger partial charge in [-0.2, -0.15) is 0 Å². The van der Waals surface area contributed by atoms with Gasteiger partial charge in [-0.05, 0) is 25.1 Å². The van der Waals surface area contributed by atoms with E-state index < -0.39 is 0 Å². The average Bonchev–Trinajstić information content (AvgIpc) is 3.06. The van der Waals surface area contributed by atoms with E-state index in [2.05, 4.69) is 0 Å². The van der Waals surface area contributed by atoms with Crippen LogP contribution in [0.15, 0.2) is 36.4 Å². The molecule has 0 aromatic heterocycles. The molecule has 1 N–H and O–H groups in total. The summed E-state index contributed by atoms with van der Waals surface area (Å²) < 4.78 is 16.1. The molecule has 8 heteroatoms. The lowest BCUT2D eigenvalue weighted by atomic mass is 10.1. The van der Waals surface area contributed by atoms with E-state index in [9.17, 15) is 9.59 Å². The van der Waals surface area contributed by atoms with Gasteiger partial charge in [-0.15, -0.1) is 0 Å². The third kappa shape index (κ3) is 6.62. The Labute approximate surface area is 202 Å². The van der Waals surface area contributed by atoms with E-state index in [1.54, 1.807) is 12.1 Å². The molecule has 1 fully saturated rings. The number of aryl methyl sites for hydroxylation is 1. The molecule has 1 amide bonds. The average molecular weight is 477 g/mol. The van der Waals surface area contributed by atoms with Crippen LogP contribution >= 0.6 is 0 Å². The van der Waals surface area contributed by atoms with E-state index in [-0.39, 0.29) is 24.1 Å². The summed E-state index contributed by atoms with van der Waals surface area (Å²) in [5, 5.41) is 0. The van der Waals surface area contributed by atoms with Gasteiger partial charge in [-0.3, -0.25) is 9.59 Å². The van der Waals surface area contributed by atoms with Crippen molar-refractivity contribution in [2.75, 3.05) is 54.1 Å². The van der Waals surface area contributed by atoms with Crippen LogP contribution in [0.1, 0.15) is 39.1 Å². The lowest BCUT2D eigenvalue weighted by Gasteiger charge is -2.21. The van der Waals surface area contributed by atoms with Crippen molar-refractivity contribution in [2.45, 2.75) is 19.8 Å². The van der Waals surface area contributed by atoms with Crippen LogP contribution in [0.4, 0.5) is 0 Å². The third-order valence-electron chi connectivity index (χ3n) is 5.94. The van der Waals surface area contributed by atoms with Crippen LogP contribution < -0.4 is 31.5 Å². The van der Waals surface area contributed by atoms with Crippen molar-refractivity contribution >= 4 is 11.7 Å². The molecule has 0 spiro atoms. The van der Waals surface area contributed by atoms with Gasteiger partial charge in [-0.25, -0.2) is 0 Å². The number of carbonyl (C=O) groups is 2. The number of carbonyl (C=O) groups excluding carboxylic acids is 2. The standard InChI is InChI=1S/C25H32N2O5.ClH/c1-18-7-5-8-19(15-18)21(28)9-12-26-10-6-11-27(14-13-26)25(29)20-16-22(30-2)24(32-4)23(17-20)31-3;/h5,7-8,15-17H,6,9-14H2,1-4H3;1H. The quantitative estimate of drug-likeness (QED) is 0.496. The highest BCUT2D eigenvalue weighted by Gasteiger charge is 2.25. The largest absolute Gasteiger partial charge is 1.00 e. The molecule has 180 valence electrons. The zero-order chi connectivity index (χ0) is 23.1. The van der Waals surface area contributed by atoms with Crippen molar-refractivity contribution in [3.05, 3.63) is 53.1 Å². The summed E-state index contributed by atoms with van der Waals surface area (Å²) in [5.41, 5.74) is 2.38. The Hall–Kier alpha value is -2.77. The molecule has 1 aliphatic rings. The molecule has 1 unspecified atom stereocenters. The summed E-state index contributed by atoms with van der Waals surface area (Å²) in [6, 6.07) is 11.1. The number of nitrogens with zero attached hydrogens (tertiary/aromatic N) is 1. The van der Waals surface area contributed by atoms with Crippen LogP contribution in [0.3, 0.4) is 0 Å². The molecule has 1 atom stereocenters. The zero-order valence-corrected chi connectivity index (χ0v) is 20.5. The fourth-order valence-corrected chi connectivity index (χ4v) is 4.14. The van der Waals surface area contributed by atoms with E-state index in [1.807, 2.05) is 36.1 Å². The van der Waals surface area contributed by atoms with Crippen molar-refractivity contribution in [3.8, 4) is 17.2 Å². The van der Waals surface area contributed by atoms with Crippen molar-refractivity contribution in [1.29, 1.82) is 0 Å². The first-order chi connectivity index (χ1) is 15.5. The van der Waals surface area contributed by atoms with Crippen LogP contribution in [0, 0.1) is 6.92 Å². The number of rotatable bonds is 8. The fraction of sp³-hybridized carbons (Fsp3) is 0.440. The molecular formula is C25H33ClN2O5. The Morgan fingerprint density at radius 1 is 0.939 bits per heavy atom. The Morgan fingerprint density at radius 3 is 2.24 bits per heavy atom. The maximum Gasteiger partial charge on any atom is 0.254 e. The molecule has 33 heavy (non-hydrogen) atoms. The molecule has 0 aliphatic carbocycles. The first-order valence-electron chi connectivity index (χ1n) is 11.0. The molecule has 1 saturated heterocycles. The Bertz CT molecular complexity index is 941. The number of methoxy groups -OCH3 is 3. The highest BCUT2D eigenvalue weighted by atomic mass is 35.5. The predicted molar refractivity (Wildman–Crippen MR) is 122 cm³/mol. The monoisotopic (exact) mass is 476 g/mol. The number of ether oxygens (including phenoxy) is 3. The minimum atomic E-state index is -0.0543. The number of amides is 1. The summed E-state index contributed by atoms with van der Waals surface area (Å²) in [6.07, 6.45) is 1.41. The summed E-state index contributed by atoms with van der Waals surface area (Å²) in [6.45, 7) is 5.86. The van der Waals surface area contributed by atoms with Gasteiger partial charge in [0, 0.05) is 24.1 Å². The summed E-state index contributed by atoms with van der Waals surface area (Å²) in [7, 11) is 4.62. The molecule has 1 heterocycles. The van der Waals surface area contributed by atoms with Gasteiger partial charge in [0.25, 0.3) is 5.91 Å². The highest BCUT2D eigenvalue weighted by molar-refractivity contribution is 5.96. The van der Waals surface area contributed by atoms with E-state index >= 15 is 0 Å². The summed E-state index contributed by atoms with van der Waals surface area (Å²) in [5.74, 6) is 1.52. The summed E-state index contributed by atoms with van der Waals surface area (Å²) >= 11 is 0. The fourth-order valence-electron chi connectivity index (χ4n) is 4.14. The molecule has 3 rings (SSSR count). The molecule has 2 aromatic rings. The van der Waals surface area contributed by atoms with E-state index in [1.165, 1.54) is 26.2 Å². The van der Waals surface area contributed by atoms with Gasteiger partial charge in [0.2, 0.25) is 5.75 Å². The van der Waals surface area contributed by atoms with Crippen molar-refractivity contribution in [1.82, 2.24) is 4.90 Å². The second-order valence-corrected chi connectivity index (χ2v) is 8.10. The molecule has 0 saturated carbocycles. The molecule has 1 aliphatic heterocycles. The molecule has 0 bridgehead atoms. The van der Waals surface area contributed by atoms with Gasteiger partial charge < -0.3 is 36.4 Å². The number of ketones is 1. The smallest absolute Gasteiger partial charge is 0.254 e. The number of quaternary nitrogens is 1. The molecular weight excluding hydrogens is 444 g/mol. The van der Waals surface area contributed by atoms with Crippen LogP contribution in [-0.4, -0.2) is 70.6 Å². The minimum Gasteiger partial charge on any atom is -1.00 e. The van der Waals surface area contributed by atoms with E-state index in [0.717, 1.165) is 37.2 Å². The number of nitrogens with one attached hydrogen (secondary N) is 1. The highest BCUT2D eigenvalue weighted by Crippen LogP contribution is 2.38. The molecule has 2 aromatic carbocycles. The normalized spacial score (nSPS) is 15.8. The van der Waals surface area contributed by atoms with Crippen LogP contribution in [0.2, 0.25) is 0 Å². The topological polar surface area (TPSA) is 69.5 Å². The minimum absolute atomic E-state index is 0. The maximum atomic E-state index is 13.2. The van der Waals surface area contributed by atoms with Crippen LogP contribution in [0.5, 0.6) is 17.2 Å². The first-order valence-corrected chi connectivity index (χ1v) is 11.0. The molecule has 7 nitrogen and oxygen atoms in total. The van der Waals surface area contributed by atoms with Gasteiger partial charge in [-0.1, -0.05) is 23.8 Å². The van der Waals surface area contributed by atoms with Gasteiger partial charge in [0.15, 0.2) is 17.3 Å². The van der Waals surface area contributed by atoms with Crippen LogP contribution in [0.25, 0.3) is 0 Å². The van der Waals surface area contributed by atoms with Crippen LogP contribution in [-0.2, 0) is 0 Å². The van der Waals surface area contributed by atoms with Gasteiger partial charge in [0.05, 0.1) is 53.9 Å². The number of hydrogen-bond acceptors (Lipinski definition) is 5. The lowest BCUT2D eigenvalue weighted by Crippen LogP contribution is -3.12. The predicted octanol–water partition coefficient (Wildman–Crippen LogP) is -0.971. The van der Waals surface area contributed by atoms with E-state index in [4.69, 9.17) is 14.2 Å². The lowest BCUT2D eigenvalue weighted by molar-refractivity contribution is -0.897. The van der Waals surface area contributed by atoms with E-state index in [0.29, 0.717) is 42.3 Å². The molecule has 0 radical (unpaired) electrons. The second-order valence-electron chi connectivity index (χ2n) is 8.10. The second kappa shape index (κ2) is 12.5. The Morgan fingerprint density at radius 2 is 1.64 bits per heavy atom.